The van der Waals surface area contributed by atoms with E-state index in [4.69, 9.17) is 9.15 Å². The molecule has 3 rings (SSSR count). The molecule has 0 saturated heterocycles. The maximum Gasteiger partial charge on any atom is 0.345 e. The molecule has 2 heterocycles. The van der Waals surface area contributed by atoms with Gasteiger partial charge < -0.3 is 14.1 Å². The van der Waals surface area contributed by atoms with Crippen LogP contribution in [0.15, 0.2) is 45.7 Å². The Labute approximate surface area is 120 Å². The second-order valence-corrected chi connectivity index (χ2v) is 4.70. The van der Waals surface area contributed by atoms with E-state index in [1.165, 1.54) is 7.11 Å². The van der Waals surface area contributed by atoms with Gasteiger partial charge in [-0.1, -0.05) is 12.1 Å². The van der Waals surface area contributed by atoms with Gasteiger partial charge in [-0.2, -0.15) is 0 Å². The fourth-order valence-corrected chi connectivity index (χ4v) is 2.29. The maximum atomic E-state index is 11.8. The van der Waals surface area contributed by atoms with Crippen molar-refractivity contribution in [2.75, 3.05) is 7.11 Å². The molecule has 0 aromatic heterocycles. The number of rotatable bonds is 2. The molecular formula is C16H13NO4. The summed E-state index contributed by atoms with van der Waals surface area (Å²) >= 11 is 0. The van der Waals surface area contributed by atoms with Crippen LogP contribution in [0.1, 0.15) is 15.9 Å². The number of hydrogen-bond donors (Lipinski definition) is 1. The average Bonchev–Trinajstić information content (AvgIpc) is 2.85. The molecule has 0 amide bonds. The molecule has 1 aromatic carbocycles. The number of methoxy groups -OCH3 is 1. The van der Waals surface area contributed by atoms with Crippen LogP contribution in [0.2, 0.25) is 0 Å². The highest BCUT2D eigenvalue weighted by Crippen LogP contribution is 2.31. The van der Waals surface area contributed by atoms with Crippen LogP contribution in [0.5, 0.6) is 0 Å². The van der Waals surface area contributed by atoms with Crippen molar-refractivity contribution in [2.24, 2.45) is 0 Å². The number of hydrogen-bond acceptors (Lipinski definition) is 4. The molecular weight excluding hydrogens is 270 g/mol. The van der Waals surface area contributed by atoms with Gasteiger partial charge >= 0.3 is 11.6 Å². The largest absolute Gasteiger partial charge is 0.465 e. The number of nitrogens with one attached hydrogen (secondary N) is 1. The van der Waals surface area contributed by atoms with Gasteiger partial charge in [0.05, 0.1) is 23.9 Å². The summed E-state index contributed by atoms with van der Waals surface area (Å²) in [6.07, 6.45) is 1.72. The molecule has 21 heavy (non-hydrogen) atoms. The summed E-state index contributed by atoms with van der Waals surface area (Å²) in [6, 6.07) is 8.69. The highest BCUT2D eigenvalue weighted by atomic mass is 16.5. The number of esters is 1. The van der Waals surface area contributed by atoms with Crippen LogP contribution < -0.4 is 5.63 Å². The highest BCUT2D eigenvalue weighted by Gasteiger charge is 2.20. The summed E-state index contributed by atoms with van der Waals surface area (Å²) in [6.45, 7) is 1.82. The Morgan fingerprint density at radius 1 is 1.29 bits per heavy atom. The second kappa shape index (κ2) is 4.94. The van der Waals surface area contributed by atoms with Gasteiger partial charge in [0.1, 0.15) is 0 Å². The third-order valence-corrected chi connectivity index (χ3v) is 3.40. The average molecular weight is 283 g/mol. The zero-order valence-corrected chi connectivity index (χ0v) is 11.6. The molecule has 0 aliphatic carbocycles. The van der Waals surface area contributed by atoms with Gasteiger partial charge in [-0.3, -0.25) is 0 Å². The number of fused-ring (bicyclic) bond motifs is 1. The van der Waals surface area contributed by atoms with E-state index in [0.29, 0.717) is 28.1 Å². The first-order valence-electron chi connectivity index (χ1n) is 6.41. The first kappa shape index (κ1) is 13.2. The SMILES string of the molecule is COC(=O)c1cc(-c2oc(=O)c3ccc[nH]c2-3)ccc1C. The number of aromatic amines is 1. The number of benzene rings is 1. The number of pyridine rings is 1. The number of aromatic nitrogens is 1. The van der Waals surface area contributed by atoms with E-state index in [0.717, 1.165) is 5.56 Å². The molecule has 0 fully saturated rings. The van der Waals surface area contributed by atoms with E-state index in [2.05, 4.69) is 4.98 Å². The van der Waals surface area contributed by atoms with Crippen LogP contribution in [0.25, 0.3) is 22.6 Å². The molecule has 5 heteroatoms. The normalized spacial score (nSPS) is 10.8. The van der Waals surface area contributed by atoms with E-state index in [1.54, 1.807) is 36.5 Å². The number of ether oxygens (including phenoxy) is 1. The molecule has 0 atom stereocenters. The lowest BCUT2D eigenvalue weighted by atomic mass is 10.0. The van der Waals surface area contributed by atoms with Crippen molar-refractivity contribution in [3.05, 3.63) is 58.1 Å². The minimum atomic E-state index is -0.420. The number of furan rings is 1. The summed E-state index contributed by atoms with van der Waals surface area (Å²) < 4.78 is 10.1. The number of H-pyrrole nitrogens is 1. The van der Waals surface area contributed by atoms with Crippen LogP contribution in [0, 0.1) is 6.92 Å². The van der Waals surface area contributed by atoms with Crippen molar-refractivity contribution in [1.82, 2.24) is 4.98 Å². The van der Waals surface area contributed by atoms with Crippen LogP contribution >= 0.6 is 0 Å². The Bertz CT molecular complexity index is 844. The molecule has 1 N–H and O–H groups in total. The van der Waals surface area contributed by atoms with Gasteiger partial charge in [0.25, 0.3) is 0 Å². The Balaban J connectivity index is 2.20. The predicted molar refractivity (Wildman–Crippen MR) is 77.5 cm³/mol. The molecule has 0 radical (unpaired) electrons. The Hall–Kier alpha value is -2.82. The summed E-state index contributed by atoms with van der Waals surface area (Å²) in [5.74, 6) is -0.00251. The smallest absolute Gasteiger partial charge is 0.345 e. The van der Waals surface area contributed by atoms with Gasteiger partial charge in [-0.15, -0.1) is 0 Å². The fraction of sp³-hybridized carbons (Fsp3) is 0.125. The first-order chi connectivity index (χ1) is 10.1. The van der Waals surface area contributed by atoms with E-state index in [-0.39, 0.29) is 0 Å². The van der Waals surface area contributed by atoms with E-state index in [1.807, 2.05) is 6.92 Å². The van der Waals surface area contributed by atoms with Gasteiger partial charge in [0.15, 0.2) is 5.76 Å². The number of aryl methyl sites for hydroxylation is 1. The van der Waals surface area contributed by atoms with Gasteiger partial charge in [-0.05, 0) is 30.7 Å². The molecule has 2 aliphatic rings. The van der Waals surface area contributed by atoms with Crippen molar-refractivity contribution in [2.45, 2.75) is 6.92 Å². The van der Waals surface area contributed by atoms with Crippen molar-refractivity contribution in [3.63, 3.8) is 0 Å². The van der Waals surface area contributed by atoms with E-state index in [9.17, 15) is 9.59 Å². The van der Waals surface area contributed by atoms with E-state index >= 15 is 0 Å². The minimum Gasteiger partial charge on any atom is -0.465 e. The molecule has 0 saturated carbocycles. The van der Waals surface area contributed by atoms with Crippen LogP contribution in [-0.4, -0.2) is 18.1 Å². The van der Waals surface area contributed by atoms with Crippen LogP contribution in [0.4, 0.5) is 0 Å². The minimum absolute atomic E-state index is 0.406. The monoisotopic (exact) mass is 283 g/mol. The molecule has 5 nitrogen and oxygen atoms in total. The number of carbonyl (C=O) groups excluding carboxylic acids is 1. The molecule has 0 spiro atoms. The Kier molecular flexibility index (Phi) is 3.10. The Morgan fingerprint density at radius 2 is 2.10 bits per heavy atom. The second-order valence-electron chi connectivity index (χ2n) is 4.70. The third-order valence-electron chi connectivity index (χ3n) is 3.40. The van der Waals surface area contributed by atoms with Crippen molar-refractivity contribution >= 4 is 5.97 Å². The Morgan fingerprint density at radius 3 is 2.86 bits per heavy atom. The standard InChI is InChI=1S/C16H13NO4/c1-9-5-6-10(8-12(9)15(18)20-2)14-13-11(16(19)21-14)4-3-7-17-13/h3-8,17H,1-2H3. The summed E-state index contributed by atoms with van der Waals surface area (Å²) in [5, 5.41) is 0. The van der Waals surface area contributed by atoms with Crippen molar-refractivity contribution in [1.29, 1.82) is 0 Å². The van der Waals surface area contributed by atoms with Crippen LogP contribution in [-0.2, 0) is 4.74 Å². The lowest BCUT2D eigenvalue weighted by Gasteiger charge is -2.06. The molecule has 2 aliphatic heterocycles. The molecule has 1 aromatic rings. The predicted octanol–water partition coefficient (Wildman–Crippen LogP) is 2.83. The van der Waals surface area contributed by atoms with Crippen molar-refractivity contribution in [3.8, 4) is 22.6 Å². The lowest BCUT2D eigenvalue weighted by Crippen LogP contribution is -2.03. The van der Waals surface area contributed by atoms with E-state index < -0.39 is 11.6 Å². The molecule has 0 unspecified atom stereocenters. The van der Waals surface area contributed by atoms with Gasteiger partial charge in [-0.25, -0.2) is 9.59 Å². The lowest BCUT2D eigenvalue weighted by molar-refractivity contribution is 0.0600. The van der Waals surface area contributed by atoms with Crippen LogP contribution in [0.3, 0.4) is 0 Å². The topological polar surface area (TPSA) is 72.3 Å². The van der Waals surface area contributed by atoms with Crippen molar-refractivity contribution < 1.29 is 13.9 Å². The quantitative estimate of drug-likeness (QED) is 0.734. The highest BCUT2D eigenvalue weighted by molar-refractivity contribution is 5.93. The van der Waals surface area contributed by atoms with Gasteiger partial charge in [0.2, 0.25) is 0 Å². The zero-order chi connectivity index (χ0) is 15.0. The first-order valence-corrected chi connectivity index (χ1v) is 6.41. The summed E-state index contributed by atoms with van der Waals surface area (Å²) in [5.41, 5.74) is 2.58. The third kappa shape index (κ3) is 2.12. The van der Waals surface area contributed by atoms with Gasteiger partial charge in [0, 0.05) is 11.8 Å². The maximum absolute atomic E-state index is 11.8. The summed E-state index contributed by atoms with van der Waals surface area (Å²) in [7, 11) is 1.33. The number of carbonyl (C=O) groups is 1. The molecule has 106 valence electrons. The summed E-state index contributed by atoms with van der Waals surface area (Å²) in [4.78, 5) is 26.6. The molecule has 0 bridgehead atoms. The fourth-order valence-electron chi connectivity index (χ4n) is 2.29. The zero-order valence-electron chi connectivity index (χ0n) is 11.6.